The Morgan fingerprint density at radius 1 is 1.33 bits per heavy atom. The Balaban J connectivity index is 2.95. The minimum Gasteiger partial charge on any atom is -0.372 e. The Labute approximate surface area is 73.2 Å². The van der Waals surface area contributed by atoms with Crippen LogP contribution in [0.3, 0.4) is 0 Å². The topological polar surface area (TPSA) is 32.3 Å². The van der Waals surface area contributed by atoms with E-state index in [1.807, 2.05) is 37.3 Å². The molecule has 0 radical (unpaired) electrons. The van der Waals surface area contributed by atoms with Crippen LogP contribution in [-0.2, 0) is 5.72 Å². The van der Waals surface area contributed by atoms with Crippen LogP contribution >= 0.6 is 0 Å². The lowest BCUT2D eigenvalue weighted by Gasteiger charge is -2.26. The maximum atomic E-state index is 9.99. The van der Waals surface area contributed by atoms with Crippen molar-refractivity contribution in [1.82, 2.24) is 5.32 Å². The van der Waals surface area contributed by atoms with Crippen molar-refractivity contribution >= 4 is 0 Å². The molecule has 0 amide bonds. The van der Waals surface area contributed by atoms with E-state index in [4.69, 9.17) is 0 Å². The summed E-state index contributed by atoms with van der Waals surface area (Å²) in [5.74, 6) is 0. The van der Waals surface area contributed by atoms with E-state index in [-0.39, 0.29) is 0 Å². The second-order valence-corrected chi connectivity index (χ2v) is 2.83. The number of rotatable bonds is 3. The highest BCUT2D eigenvalue weighted by atomic mass is 16.3. The third-order valence-corrected chi connectivity index (χ3v) is 2.18. The summed E-state index contributed by atoms with van der Waals surface area (Å²) in [5.41, 5.74) is 0.0383. The van der Waals surface area contributed by atoms with Gasteiger partial charge in [-0.25, -0.2) is 0 Å². The van der Waals surface area contributed by atoms with Crippen molar-refractivity contribution in [2.45, 2.75) is 19.1 Å². The maximum Gasteiger partial charge on any atom is 0.141 e. The predicted molar refractivity (Wildman–Crippen MR) is 49.7 cm³/mol. The molecule has 1 atom stereocenters. The van der Waals surface area contributed by atoms with E-state index in [2.05, 4.69) is 5.32 Å². The van der Waals surface area contributed by atoms with E-state index in [0.29, 0.717) is 6.42 Å². The fourth-order valence-electron chi connectivity index (χ4n) is 1.24. The molecule has 0 spiro atoms. The third-order valence-electron chi connectivity index (χ3n) is 2.18. The van der Waals surface area contributed by atoms with Gasteiger partial charge < -0.3 is 5.11 Å². The molecule has 0 aromatic heterocycles. The standard InChI is InChI=1S/C10H15NO/c1-3-10(12,11-2)9-7-5-4-6-8-9/h4-8,11-12H,3H2,1-2H3. The second-order valence-electron chi connectivity index (χ2n) is 2.83. The molecular formula is C10H15NO. The summed E-state index contributed by atoms with van der Waals surface area (Å²) >= 11 is 0. The highest BCUT2D eigenvalue weighted by Crippen LogP contribution is 2.20. The first-order valence-corrected chi connectivity index (χ1v) is 4.19. The van der Waals surface area contributed by atoms with Gasteiger partial charge in [0.25, 0.3) is 0 Å². The van der Waals surface area contributed by atoms with Gasteiger partial charge in [0.05, 0.1) is 0 Å². The van der Waals surface area contributed by atoms with Gasteiger partial charge in [-0.1, -0.05) is 37.3 Å². The molecule has 2 nitrogen and oxygen atoms in total. The molecule has 0 heterocycles. The zero-order chi connectivity index (χ0) is 9.03. The quantitative estimate of drug-likeness (QED) is 0.665. The zero-order valence-electron chi connectivity index (χ0n) is 7.54. The Morgan fingerprint density at radius 3 is 2.33 bits per heavy atom. The summed E-state index contributed by atoms with van der Waals surface area (Å²) in [6, 6.07) is 9.62. The van der Waals surface area contributed by atoms with Crippen molar-refractivity contribution in [2.24, 2.45) is 0 Å². The lowest BCUT2D eigenvalue weighted by atomic mass is 10.0. The van der Waals surface area contributed by atoms with Crippen LogP contribution in [0, 0.1) is 0 Å². The number of hydrogen-bond donors (Lipinski definition) is 2. The van der Waals surface area contributed by atoms with E-state index in [1.54, 1.807) is 7.05 Å². The summed E-state index contributed by atoms with van der Waals surface area (Å²) < 4.78 is 0. The van der Waals surface area contributed by atoms with E-state index >= 15 is 0 Å². The average Bonchev–Trinajstić information content (AvgIpc) is 2.18. The maximum absolute atomic E-state index is 9.99. The zero-order valence-corrected chi connectivity index (χ0v) is 7.54. The summed E-state index contributed by atoms with van der Waals surface area (Å²) in [7, 11) is 1.76. The average molecular weight is 165 g/mol. The van der Waals surface area contributed by atoms with Crippen molar-refractivity contribution in [1.29, 1.82) is 0 Å². The van der Waals surface area contributed by atoms with Gasteiger partial charge >= 0.3 is 0 Å². The molecule has 0 fully saturated rings. The molecule has 0 aliphatic rings. The van der Waals surface area contributed by atoms with Gasteiger partial charge in [-0.3, -0.25) is 5.32 Å². The van der Waals surface area contributed by atoms with Crippen LogP contribution in [0.2, 0.25) is 0 Å². The largest absolute Gasteiger partial charge is 0.372 e. The SMILES string of the molecule is CCC(O)(NC)c1ccccc1. The molecule has 0 aliphatic heterocycles. The highest BCUT2D eigenvalue weighted by molar-refractivity contribution is 5.21. The van der Waals surface area contributed by atoms with Crippen molar-refractivity contribution in [3.8, 4) is 0 Å². The summed E-state index contributed by atoms with van der Waals surface area (Å²) in [4.78, 5) is 0. The highest BCUT2D eigenvalue weighted by Gasteiger charge is 2.23. The van der Waals surface area contributed by atoms with Crippen LogP contribution in [0.5, 0.6) is 0 Å². The smallest absolute Gasteiger partial charge is 0.141 e. The predicted octanol–water partition coefficient (Wildman–Crippen LogP) is 1.46. The molecule has 1 rings (SSSR count). The van der Waals surface area contributed by atoms with Gasteiger partial charge in [-0.2, -0.15) is 0 Å². The van der Waals surface area contributed by atoms with E-state index in [9.17, 15) is 5.11 Å². The first-order valence-electron chi connectivity index (χ1n) is 4.19. The van der Waals surface area contributed by atoms with Gasteiger partial charge in [0.15, 0.2) is 0 Å². The molecule has 0 saturated heterocycles. The van der Waals surface area contributed by atoms with Crippen molar-refractivity contribution in [3.63, 3.8) is 0 Å². The molecule has 1 aromatic rings. The normalized spacial score (nSPS) is 15.6. The van der Waals surface area contributed by atoms with E-state index in [1.165, 1.54) is 0 Å². The number of nitrogens with one attached hydrogen (secondary N) is 1. The van der Waals surface area contributed by atoms with Crippen molar-refractivity contribution < 1.29 is 5.11 Å². The van der Waals surface area contributed by atoms with Gasteiger partial charge in [0.2, 0.25) is 0 Å². The first-order chi connectivity index (χ1) is 5.73. The minimum absolute atomic E-state index is 0.660. The minimum atomic E-state index is -0.874. The Hall–Kier alpha value is -0.860. The van der Waals surface area contributed by atoms with Crippen LogP contribution in [0.15, 0.2) is 30.3 Å². The monoisotopic (exact) mass is 165 g/mol. The van der Waals surface area contributed by atoms with Crippen LogP contribution in [-0.4, -0.2) is 12.2 Å². The number of benzene rings is 1. The van der Waals surface area contributed by atoms with Crippen LogP contribution < -0.4 is 5.32 Å². The van der Waals surface area contributed by atoms with Crippen molar-refractivity contribution in [3.05, 3.63) is 35.9 Å². The van der Waals surface area contributed by atoms with Crippen LogP contribution in [0.1, 0.15) is 18.9 Å². The van der Waals surface area contributed by atoms with E-state index in [0.717, 1.165) is 5.56 Å². The molecule has 0 saturated carbocycles. The summed E-state index contributed by atoms with van der Waals surface area (Å²) in [5, 5.41) is 12.9. The van der Waals surface area contributed by atoms with Crippen molar-refractivity contribution in [2.75, 3.05) is 7.05 Å². The molecule has 2 N–H and O–H groups in total. The molecular weight excluding hydrogens is 150 g/mol. The molecule has 1 aromatic carbocycles. The molecule has 0 bridgehead atoms. The lowest BCUT2D eigenvalue weighted by Crippen LogP contribution is -2.38. The molecule has 0 aliphatic carbocycles. The van der Waals surface area contributed by atoms with Crippen LogP contribution in [0.4, 0.5) is 0 Å². The van der Waals surface area contributed by atoms with Gasteiger partial charge in [0, 0.05) is 0 Å². The van der Waals surface area contributed by atoms with E-state index < -0.39 is 5.72 Å². The third kappa shape index (κ3) is 1.65. The molecule has 2 heteroatoms. The summed E-state index contributed by atoms with van der Waals surface area (Å²) in [6.45, 7) is 1.95. The molecule has 1 unspecified atom stereocenters. The lowest BCUT2D eigenvalue weighted by molar-refractivity contribution is 0.00413. The van der Waals surface area contributed by atoms with Crippen LogP contribution in [0.25, 0.3) is 0 Å². The fourth-order valence-corrected chi connectivity index (χ4v) is 1.24. The number of aliphatic hydroxyl groups is 1. The Bertz CT molecular complexity index is 229. The Kier molecular flexibility index (Phi) is 2.84. The fraction of sp³-hybridized carbons (Fsp3) is 0.400. The molecule has 12 heavy (non-hydrogen) atoms. The van der Waals surface area contributed by atoms with Gasteiger partial charge in [-0.05, 0) is 19.0 Å². The second kappa shape index (κ2) is 3.70. The Morgan fingerprint density at radius 2 is 1.92 bits per heavy atom. The molecule has 66 valence electrons. The van der Waals surface area contributed by atoms with Gasteiger partial charge in [0.1, 0.15) is 5.72 Å². The van der Waals surface area contributed by atoms with Gasteiger partial charge in [-0.15, -0.1) is 0 Å². The number of hydrogen-bond acceptors (Lipinski definition) is 2. The summed E-state index contributed by atoms with van der Waals surface area (Å²) in [6.07, 6.45) is 0.660. The first kappa shape index (κ1) is 9.23.